The Balaban J connectivity index is 0.724. The molecule has 0 fully saturated rings. The van der Waals surface area contributed by atoms with E-state index in [4.69, 9.17) is 0 Å². The molecule has 0 N–H and O–H groups in total. The van der Waals surface area contributed by atoms with Crippen LogP contribution in [-0.2, 0) is 27.1 Å². The van der Waals surface area contributed by atoms with Crippen LogP contribution in [0, 0.1) is 0 Å². The highest BCUT2D eigenvalue weighted by molar-refractivity contribution is 6.14. The summed E-state index contributed by atoms with van der Waals surface area (Å²) in [5.74, 6) is 0. The van der Waals surface area contributed by atoms with E-state index in [1.165, 1.54) is 211 Å². The number of benzene rings is 14. The standard InChI is InChI=1S/C119H116N2/c1-11-57-115(58-12-2)101-33-25-21-29-87(101)91-47-37-81(71-105(91)115)77-41-53-111-97(67-77)98-68-78(82-38-48-92-88-30-22-26-34-102(88)116(59-13-3,60-14-4)106(92)72-82)42-54-112(98)120(111)85-45-51-95-96-52-46-86(76-110(96)119(65-19-9,66-20-10)109(95)75-85)121-113-55-43-79(83-39-49-93-89-31-23-27-35-103(89)117(61-15-5,62-16-6)107(93)73-83)69-99(113)100-70-80(44-56-114(100)121)84-40-50-94-90-32-24-28-36-104(90)118(63-17-7,64-18-8)108(94)74-84/h21-56,67-76H,11-20,57-66H2,1-10H3. The summed E-state index contributed by atoms with van der Waals surface area (Å²) in [7, 11) is 0. The van der Waals surface area contributed by atoms with Crippen molar-refractivity contribution in [1.82, 2.24) is 9.13 Å². The van der Waals surface area contributed by atoms with E-state index in [1.807, 2.05) is 0 Å². The summed E-state index contributed by atoms with van der Waals surface area (Å²) in [5, 5.41) is 5.16. The first-order valence-corrected chi connectivity index (χ1v) is 46.9. The molecule has 21 rings (SSSR count). The van der Waals surface area contributed by atoms with Gasteiger partial charge >= 0.3 is 0 Å². The molecule has 2 heterocycles. The van der Waals surface area contributed by atoms with Crippen molar-refractivity contribution in [2.24, 2.45) is 0 Å². The van der Waals surface area contributed by atoms with Gasteiger partial charge in [-0.3, -0.25) is 0 Å². The predicted octanol–water partition coefficient (Wildman–Crippen LogP) is 33.9. The Kier molecular flexibility index (Phi) is 19.1. The van der Waals surface area contributed by atoms with Gasteiger partial charge in [-0.1, -0.05) is 315 Å². The van der Waals surface area contributed by atoms with Crippen LogP contribution in [0.3, 0.4) is 0 Å². The lowest BCUT2D eigenvalue weighted by molar-refractivity contribution is 0.435. The fourth-order valence-corrected chi connectivity index (χ4v) is 26.2. The normalized spacial score (nSPS) is 15.2. The first kappa shape index (κ1) is 77.0. The summed E-state index contributed by atoms with van der Waals surface area (Å²) < 4.78 is 5.28. The first-order chi connectivity index (χ1) is 59.4. The van der Waals surface area contributed by atoms with Gasteiger partial charge in [0.2, 0.25) is 0 Å². The van der Waals surface area contributed by atoms with E-state index >= 15 is 0 Å². The zero-order valence-corrected chi connectivity index (χ0v) is 73.1. The topological polar surface area (TPSA) is 9.86 Å². The molecule has 0 spiro atoms. The van der Waals surface area contributed by atoms with Gasteiger partial charge in [-0.05, 0) is 317 Å². The van der Waals surface area contributed by atoms with Crippen molar-refractivity contribution in [2.45, 2.75) is 225 Å². The number of rotatable bonds is 26. The average Bonchev–Trinajstić information content (AvgIpc) is 1.50. The fraction of sp³-hybridized carbons (Fsp3) is 0.294. The molecule has 16 aromatic rings. The molecule has 5 aliphatic rings. The van der Waals surface area contributed by atoms with Gasteiger partial charge in [0.15, 0.2) is 0 Å². The Labute approximate surface area is 718 Å². The van der Waals surface area contributed by atoms with E-state index in [2.05, 4.69) is 357 Å². The summed E-state index contributed by atoms with van der Waals surface area (Å²) in [6, 6.07) is 112. The lowest BCUT2D eigenvalue weighted by Gasteiger charge is -2.32. The van der Waals surface area contributed by atoms with E-state index in [1.54, 1.807) is 0 Å². The number of hydrogen-bond acceptors (Lipinski definition) is 0. The molecular weight excluding hydrogens is 1460 g/mol. The molecule has 602 valence electrons. The maximum absolute atomic E-state index is 2.65. The highest BCUT2D eigenvalue weighted by Crippen LogP contribution is 2.62. The van der Waals surface area contributed by atoms with Crippen LogP contribution in [0.15, 0.2) is 279 Å². The van der Waals surface area contributed by atoms with Crippen molar-refractivity contribution < 1.29 is 0 Å². The summed E-state index contributed by atoms with van der Waals surface area (Å²) >= 11 is 0. The Hall–Kier alpha value is -11.3. The zero-order chi connectivity index (χ0) is 82.3. The summed E-state index contributed by atoms with van der Waals surface area (Å²) in [4.78, 5) is 0. The van der Waals surface area contributed by atoms with Crippen LogP contribution in [-0.4, -0.2) is 9.13 Å². The molecule has 0 atom stereocenters. The largest absolute Gasteiger partial charge is 0.309 e. The van der Waals surface area contributed by atoms with Gasteiger partial charge in [0.05, 0.1) is 22.1 Å². The van der Waals surface area contributed by atoms with E-state index in [-0.39, 0.29) is 27.1 Å². The summed E-state index contributed by atoms with van der Waals surface area (Å²) in [6.07, 6.45) is 22.5. The minimum Gasteiger partial charge on any atom is -0.309 e. The number of hydrogen-bond donors (Lipinski definition) is 0. The van der Waals surface area contributed by atoms with Crippen molar-refractivity contribution in [1.29, 1.82) is 0 Å². The number of nitrogens with zero attached hydrogens (tertiary/aromatic N) is 2. The van der Waals surface area contributed by atoms with Gasteiger partial charge in [0.25, 0.3) is 0 Å². The number of aromatic nitrogens is 2. The van der Waals surface area contributed by atoms with Crippen molar-refractivity contribution in [3.63, 3.8) is 0 Å². The minimum atomic E-state index is -0.232. The van der Waals surface area contributed by atoms with Crippen molar-refractivity contribution in [3.8, 4) is 112 Å². The predicted molar refractivity (Wildman–Crippen MR) is 517 cm³/mol. The van der Waals surface area contributed by atoms with Gasteiger partial charge < -0.3 is 9.13 Å². The second-order valence-corrected chi connectivity index (χ2v) is 37.2. The molecule has 0 saturated carbocycles. The monoisotopic (exact) mass is 1570 g/mol. The third kappa shape index (κ3) is 11.3. The van der Waals surface area contributed by atoms with Crippen molar-refractivity contribution >= 4 is 43.6 Å². The van der Waals surface area contributed by atoms with E-state index in [0.29, 0.717) is 0 Å². The van der Waals surface area contributed by atoms with Crippen LogP contribution in [0.25, 0.3) is 155 Å². The van der Waals surface area contributed by atoms with Crippen LogP contribution < -0.4 is 0 Å². The molecular formula is C119H116N2. The molecule has 14 aromatic carbocycles. The maximum Gasteiger partial charge on any atom is 0.0541 e. The lowest BCUT2D eigenvalue weighted by atomic mass is 9.71. The van der Waals surface area contributed by atoms with Gasteiger partial charge in [-0.2, -0.15) is 0 Å². The van der Waals surface area contributed by atoms with Crippen molar-refractivity contribution in [2.75, 3.05) is 0 Å². The van der Waals surface area contributed by atoms with Crippen LogP contribution in [0.1, 0.15) is 253 Å². The molecule has 121 heavy (non-hydrogen) atoms. The third-order valence-corrected chi connectivity index (χ3v) is 30.5. The molecule has 0 unspecified atom stereocenters. The second kappa shape index (κ2) is 30.1. The average molecular weight is 1570 g/mol. The Morgan fingerprint density at radius 3 is 0.562 bits per heavy atom. The van der Waals surface area contributed by atoms with Gasteiger partial charge in [0.1, 0.15) is 0 Å². The molecule has 0 radical (unpaired) electrons. The quantitative estimate of drug-likeness (QED) is 0.0511. The molecule has 0 aliphatic heterocycles. The van der Waals surface area contributed by atoms with E-state index in [9.17, 15) is 0 Å². The summed E-state index contributed by atoms with van der Waals surface area (Å²) in [5.41, 5.74) is 46.4. The zero-order valence-electron chi connectivity index (χ0n) is 73.1. The van der Waals surface area contributed by atoms with Gasteiger partial charge in [0, 0.05) is 60.0 Å². The SMILES string of the molecule is CCCC1(CCC)c2ccccc2-c2ccc(-c3ccc4c(c3)c3cc(-c5ccc6c(c5)C(CCC)(CCC)c5ccccc5-6)ccc3n4-c3ccc4c(c3)C(CCC)(CCC)c3cc(-n5c6ccc(-c7ccc8c(c7)C(CCC)(CCC)c7ccccc7-8)cc6c6cc(-c7ccc8c(c7)C(CCC)(CCC)c7ccccc7-8)ccc65)ccc3-4)cc21. The molecule has 5 aliphatic carbocycles. The molecule has 2 nitrogen and oxygen atoms in total. The number of fused-ring (bicyclic) bond motifs is 21. The van der Waals surface area contributed by atoms with E-state index < -0.39 is 0 Å². The van der Waals surface area contributed by atoms with Crippen molar-refractivity contribution in [3.05, 3.63) is 335 Å². The Bertz CT molecular complexity index is 6050. The summed E-state index contributed by atoms with van der Waals surface area (Å²) in [6.45, 7) is 23.9. The van der Waals surface area contributed by atoms with Crippen LogP contribution in [0.2, 0.25) is 0 Å². The van der Waals surface area contributed by atoms with Gasteiger partial charge in [-0.15, -0.1) is 0 Å². The Morgan fingerprint density at radius 2 is 0.339 bits per heavy atom. The maximum atomic E-state index is 2.65. The third-order valence-electron chi connectivity index (χ3n) is 30.5. The smallest absolute Gasteiger partial charge is 0.0541 e. The molecule has 0 bridgehead atoms. The first-order valence-electron chi connectivity index (χ1n) is 46.9. The highest BCUT2D eigenvalue weighted by atomic mass is 15.0. The van der Waals surface area contributed by atoms with Gasteiger partial charge in [-0.25, -0.2) is 0 Å². The molecule has 2 heteroatoms. The van der Waals surface area contributed by atoms with Crippen LogP contribution >= 0.6 is 0 Å². The van der Waals surface area contributed by atoms with Crippen LogP contribution in [0.5, 0.6) is 0 Å². The fourth-order valence-electron chi connectivity index (χ4n) is 26.2. The second-order valence-electron chi connectivity index (χ2n) is 37.2. The molecule has 0 saturated heterocycles. The van der Waals surface area contributed by atoms with Crippen LogP contribution in [0.4, 0.5) is 0 Å². The lowest BCUT2D eigenvalue weighted by Crippen LogP contribution is -2.25. The molecule has 0 amide bonds. The van der Waals surface area contributed by atoms with E-state index in [0.717, 1.165) is 128 Å². The highest BCUT2D eigenvalue weighted by Gasteiger charge is 2.48. The minimum absolute atomic E-state index is 0.00639. The molecule has 2 aromatic heterocycles. The Morgan fingerprint density at radius 1 is 0.165 bits per heavy atom.